The molecule has 0 atom stereocenters. The van der Waals surface area contributed by atoms with Crippen molar-refractivity contribution in [3.63, 3.8) is 0 Å². The Bertz CT molecular complexity index is 323. The van der Waals surface area contributed by atoms with Gasteiger partial charge in [-0.2, -0.15) is 0 Å². The zero-order valence-corrected chi connectivity index (χ0v) is 9.25. The van der Waals surface area contributed by atoms with Gasteiger partial charge in [0.05, 0.1) is 7.11 Å². The molecule has 6 heteroatoms. The van der Waals surface area contributed by atoms with Gasteiger partial charge in [0.1, 0.15) is 11.9 Å². The van der Waals surface area contributed by atoms with Gasteiger partial charge in [0.25, 0.3) is 0 Å². The van der Waals surface area contributed by atoms with Crippen LogP contribution in [-0.4, -0.2) is 32.3 Å². The Labute approximate surface area is 92.0 Å². The SMILES string of the molecule is COC(=O)c1sccc1OC(CN)CN. The van der Waals surface area contributed by atoms with E-state index in [1.807, 2.05) is 0 Å². The first-order chi connectivity index (χ1) is 7.22. The highest BCUT2D eigenvalue weighted by Crippen LogP contribution is 2.26. The van der Waals surface area contributed by atoms with E-state index in [0.717, 1.165) is 0 Å². The molecule has 0 saturated heterocycles. The number of hydrogen-bond acceptors (Lipinski definition) is 6. The average Bonchev–Trinajstić information content (AvgIpc) is 2.72. The number of carbonyl (C=O) groups excluding carboxylic acids is 1. The Morgan fingerprint density at radius 1 is 1.53 bits per heavy atom. The Balaban J connectivity index is 2.76. The van der Waals surface area contributed by atoms with Crippen LogP contribution in [0.25, 0.3) is 0 Å². The molecule has 0 fully saturated rings. The quantitative estimate of drug-likeness (QED) is 0.705. The summed E-state index contributed by atoms with van der Waals surface area (Å²) in [7, 11) is 1.33. The van der Waals surface area contributed by atoms with Crippen LogP contribution in [0.3, 0.4) is 0 Å². The first-order valence-electron chi connectivity index (χ1n) is 4.45. The van der Waals surface area contributed by atoms with Gasteiger partial charge in [-0.15, -0.1) is 11.3 Å². The van der Waals surface area contributed by atoms with E-state index >= 15 is 0 Å². The first kappa shape index (κ1) is 12.0. The summed E-state index contributed by atoms with van der Waals surface area (Å²) >= 11 is 1.26. The van der Waals surface area contributed by atoms with Crippen molar-refractivity contribution in [2.75, 3.05) is 20.2 Å². The zero-order chi connectivity index (χ0) is 11.3. The number of esters is 1. The van der Waals surface area contributed by atoms with Gasteiger partial charge in [0, 0.05) is 13.1 Å². The van der Waals surface area contributed by atoms with Crippen molar-refractivity contribution in [3.05, 3.63) is 16.3 Å². The lowest BCUT2D eigenvalue weighted by molar-refractivity contribution is 0.0600. The van der Waals surface area contributed by atoms with E-state index in [4.69, 9.17) is 16.2 Å². The molecule has 1 aromatic rings. The number of carbonyl (C=O) groups is 1. The van der Waals surface area contributed by atoms with E-state index in [-0.39, 0.29) is 6.10 Å². The fourth-order valence-corrected chi connectivity index (χ4v) is 1.74. The molecule has 0 spiro atoms. The molecule has 0 amide bonds. The molecule has 84 valence electrons. The molecule has 0 aliphatic heterocycles. The Kier molecular flexibility index (Phi) is 4.54. The summed E-state index contributed by atoms with van der Waals surface area (Å²) in [4.78, 5) is 11.7. The van der Waals surface area contributed by atoms with Crippen LogP contribution in [0.5, 0.6) is 5.75 Å². The molecule has 0 radical (unpaired) electrons. The number of thiophene rings is 1. The third-order valence-electron chi connectivity index (χ3n) is 1.82. The Morgan fingerprint density at radius 2 is 2.20 bits per heavy atom. The van der Waals surface area contributed by atoms with E-state index in [2.05, 4.69) is 4.74 Å². The third kappa shape index (κ3) is 2.92. The Morgan fingerprint density at radius 3 is 2.73 bits per heavy atom. The van der Waals surface area contributed by atoms with Crippen molar-refractivity contribution >= 4 is 17.3 Å². The predicted molar refractivity (Wildman–Crippen MR) is 58.2 cm³/mol. The highest BCUT2D eigenvalue weighted by Gasteiger charge is 2.17. The second kappa shape index (κ2) is 5.69. The van der Waals surface area contributed by atoms with Gasteiger partial charge in [-0.05, 0) is 11.4 Å². The third-order valence-corrected chi connectivity index (χ3v) is 2.70. The summed E-state index contributed by atoms with van der Waals surface area (Å²) in [5.41, 5.74) is 10.9. The van der Waals surface area contributed by atoms with Crippen molar-refractivity contribution in [2.45, 2.75) is 6.10 Å². The summed E-state index contributed by atoms with van der Waals surface area (Å²) in [6.45, 7) is 0.625. The molecule has 0 aromatic carbocycles. The van der Waals surface area contributed by atoms with E-state index in [1.54, 1.807) is 11.4 Å². The molecule has 0 saturated carbocycles. The summed E-state index contributed by atoms with van der Waals surface area (Å²) in [5.74, 6) is 0.0699. The number of nitrogens with two attached hydrogens (primary N) is 2. The van der Waals surface area contributed by atoms with Crippen LogP contribution >= 0.6 is 11.3 Å². The molecule has 1 heterocycles. The number of ether oxygens (including phenoxy) is 2. The van der Waals surface area contributed by atoms with Crippen molar-refractivity contribution in [2.24, 2.45) is 11.5 Å². The highest BCUT2D eigenvalue weighted by molar-refractivity contribution is 7.12. The van der Waals surface area contributed by atoms with Gasteiger partial charge in [-0.25, -0.2) is 4.79 Å². The van der Waals surface area contributed by atoms with Crippen molar-refractivity contribution in [1.29, 1.82) is 0 Å². The molecule has 15 heavy (non-hydrogen) atoms. The topological polar surface area (TPSA) is 87.6 Å². The first-order valence-corrected chi connectivity index (χ1v) is 5.33. The van der Waals surface area contributed by atoms with E-state index in [9.17, 15) is 4.79 Å². The molecule has 1 rings (SSSR count). The molecule has 0 aliphatic rings. The predicted octanol–water partition coefficient (Wildman–Crippen LogP) is 0.200. The summed E-state index contributed by atoms with van der Waals surface area (Å²) < 4.78 is 10.1. The van der Waals surface area contributed by atoms with Crippen LogP contribution in [-0.2, 0) is 4.74 Å². The van der Waals surface area contributed by atoms with Crippen LogP contribution in [0.2, 0.25) is 0 Å². The largest absolute Gasteiger partial charge is 0.486 e. The van der Waals surface area contributed by atoms with Crippen molar-refractivity contribution < 1.29 is 14.3 Å². The maximum Gasteiger partial charge on any atom is 0.351 e. The minimum atomic E-state index is -0.409. The van der Waals surface area contributed by atoms with Gasteiger partial charge in [-0.3, -0.25) is 0 Å². The van der Waals surface area contributed by atoms with Gasteiger partial charge in [0.15, 0.2) is 4.88 Å². The van der Waals surface area contributed by atoms with Gasteiger partial charge >= 0.3 is 5.97 Å². The number of methoxy groups -OCH3 is 1. The highest BCUT2D eigenvalue weighted by atomic mass is 32.1. The smallest absolute Gasteiger partial charge is 0.351 e. The standard InChI is InChI=1S/C9H14N2O3S/c1-13-9(12)8-7(2-3-15-8)14-6(4-10)5-11/h2-3,6H,4-5,10-11H2,1H3. The van der Waals surface area contributed by atoms with Crippen molar-refractivity contribution in [1.82, 2.24) is 0 Å². The van der Waals surface area contributed by atoms with Crippen LogP contribution in [0.15, 0.2) is 11.4 Å². The summed E-state index contributed by atoms with van der Waals surface area (Å²) in [5, 5.41) is 1.76. The van der Waals surface area contributed by atoms with Crippen LogP contribution in [0.1, 0.15) is 9.67 Å². The molecular weight excluding hydrogens is 216 g/mol. The maximum absolute atomic E-state index is 11.3. The lowest BCUT2D eigenvalue weighted by Gasteiger charge is -2.14. The monoisotopic (exact) mass is 230 g/mol. The second-order valence-electron chi connectivity index (χ2n) is 2.82. The number of hydrogen-bond donors (Lipinski definition) is 2. The van der Waals surface area contributed by atoms with Crippen LogP contribution < -0.4 is 16.2 Å². The molecular formula is C9H14N2O3S. The Hall–Kier alpha value is -1.11. The minimum absolute atomic E-state index is 0.275. The van der Waals surface area contributed by atoms with Crippen LogP contribution in [0, 0.1) is 0 Å². The van der Waals surface area contributed by atoms with E-state index < -0.39 is 5.97 Å². The lowest BCUT2D eigenvalue weighted by atomic mass is 10.3. The fourth-order valence-electron chi connectivity index (χ4n) is 1.00. The fraction of sp³-hybridized carbons (Fsp3) is 0.444. The molecule has 4 N–H and O–H groups in total. The molecule has 0 bridgehead atoms. The number of rotatable bonds is 5. The molecule has 5 nitrogen and oxygen atoms in total. The molecule has 0 unspecified atom stereocenters. The van der Waals surface area contributed by atoms with Gasteiger partial charge < -0.3 is 20.9 Å². The van der Waals surface area contributed by atoms with Gasteiger partial charge in [0.2, 0.25) is 0 Å². The summed E-state index contributed by atoms with van der Waals surface area (Å²) in [6.07, 6.45) is -0.275. The lowest BCUT2D eigenvalue weighted by Crippen LogP contribution is -2.34. The molecule has 0 aliphatic carbocycles. The molecule has 1 aromatic heterocycles. The van der Waals surface area contributed by atoms with Crippen LogP contribution in [0.4, 0.5) is 0 Å². The van der Waals surface area contributed by atoms with Gasteiger partial charge in [-0.1, -0.05) is 0 Å². The zero-order valence-electron chi connectivity index (χ0n) is 8.43. The van der Waals surface area contributed by atoms with Crippen molar-refractivity contribution in [3.8, 4) is 5.75 Å². The summed E-state index contributed by atoms with van der Waals surface area (Å²) in [6, 6.07) is 1.70. The van der Waals surface area contributed by atoms with E-state index in [1.165, 1.54) is 18.4 Å². The minimum Gasteiger partial charge on any atom is -0.486 e. The normalized spacial score (nSPS) is 10.4. The maximum atomic E-state index is 11.3. The van der Waals surface area contributed by atoms with E-state index in [0.29, 0.717) is 23.7 Å². The average molecular weight is 230 g/mol. The second-order valence-corrected chi connectivity index (χ2v) is 3.73.